The molecule has 2 N–H and O–H groups in total. The Morgan fingerprint density at radius 3 is 1.36 bits per heavy atom. The number of rotatable bonds is 9. The van der Waals surface area contributed by atoms with Crippen LogP contribution >= 0.6 is 0 Å². The first-order chi connectivity index (χ1) is 6.70. The maximum Gasteiger partial charge on any atom is 0.0540 e. The highest BCUT2D eigenvalue weighted by Gasteiger charge is 2.04. The molecule has 0 aliphatic carbocycles. The fraction of sp³-hybridized carbons (Fsp3) is 1.00. The van der Waals surface area contributed by atoms with E-state index >= 15 is 0 Å². The van der Waals surface area contributed by atoms with Crippen LogP contribution in [0.5, 0.6) is 0 Å². The lowest BCUT2D eigenvalue weighted by atomic mass is 10.0. The van der Waals surface area contributed by atoms with Gasteiger partial charge in [-0.1, -0.05) is 39.5 Å². The van der Waals surface area contributed by atoms with Crippen molar-refractivity contribution in [3.8, 4) is 0 Å². The second-order valence-corrected chi connectivity index (χ2v) is 4.17. The van der Waals surface area contributed by atoms with Crippen molar-refractivity contribution in [3.05, 3.63) is 0 Å². The van der Waals surface area contributed by atoms with E-state index in [9.17, 15) is 10.2 Å². The summed E-state index contributed by atoms with van der Waals surface area (Å²) in [7, 11) is 0. The predicted molar refractivity (Wildman–Crippen MR) is 60.3 cm³/mol. The van der Waals surface area contributed by atoms with Crippen molar-refractivity contribution in [1.82, 2.24) is 0 Å². The topological polar surface area (TPSA) is 40.5 Å². The van der Waals surface area contributed by atoms with Crippen LogP contribution in [0.4, 0.5) is 0 Å². The van der Waals surface area contributed by atoms with E-state index in [2.05, 4.69) is 13.8 Å². The molecule has 2 nitrogen and oxygen atoms in total. The smallest absolute Gasteiger partial charge is 0.0540 e. The van der Waals surface area contributed by atoms with Gasteiger partial charge in [0.05, 0.1) is 12.2 Å². The molecular formula is C12H26O2. The summed E-state index contributed by atoms with van der Waals surface area (Å²) >= 11 is 0. The third kappa shape index (κ3) is 8.52. The summed E-state index contributed by atoms with van der Waals surface area (Å²) in [4.78, 5) is 0. The molecule has 0 amide bonds. The van der Waals surface area contributed by atoms with Crippen LogP contribution in [0.3, 0.4) is 0 Å². The third-order valence-electron chi connectivity index (χ3n) is 2.57. The molecule has 0 radical (unpaired) electrons. The largest absolute Gasteiger partial charge is 0.393 e. The van der Waals surface area contributed by atoms with Gasteiger partial charge in [-0.05, 0) is 25.7 Å². The van der Waals surface area contributed by atoms with E-state index < -0.39 is 0 Å². The minimum absolute atomic E-state index is 0.122. The molecule has 0 saturated heterocycles. The van der Waals surface area contributed by atoms with E-state index in [1.807, 2.05) is 0 Å². The van der Waals surface area contributed by atoms with Crippen molar-refractivity contribution in [2.75, 3.05) is 0 Å². The van der Waals surface area contributed by atoms with Crippen molar-refractivity contribution in [3.63, 3.8) is 0 Å². The van der Waals surface area contributed by atoms with Gasteiger partial charge in [0, 0.05) is 0 Å². The molecule has 0 aromatic rings. The SMILES string of the molecule is CCC[C@@H](O)CCCC[C@@H](O)CCC. The number of aliphatic hydroxyl groups is 2. The Labute approximate surface area is 88.3 Å². The van der Waals surface area contributed by atoms with Gasteiger partial charge in [-0.15, -0.1) is 0 Å². The van der Waals surface area contributed by atoms with Gasteiger partial charge in [0.1, 0.15) is 0 Å². The zero-order valence-corrected chi connectivity index (χ0v) is 9.71. The van der Waals surface area contributed by atoms with Gasteiger partial charge in [0.15, 0.2) is 0 Å². The van der Waals surface area contributed by atoms with Crippen LogP contribution in [0.1, 0.15) is 65.2 Å². The molecule has 0 bridgehead atoms. The standard InChI is InChI=1S/C12H26O2/c1-3-7-11(13)9-5-6-10-12(14)8-4-2/h11-14H,3-10H2,1-2H3/t11-,12+. The lowest BCUT2D eigenvalue weighted by molar-refractivity contribution is 0.134. The number of hydrogen-bond donors (Lipinski definition) is 2. The molecule has 0 aliphatic heterocycles. The van der Waals surface area contributed by atoms with Gasteiger partial charge in [-0.3, -0.25) is 0 Å². The summed E-state index contributed by atoms with van der Waals surface area (Å²) in [6.45, 7) is 4.18. The molecule has 2 atom stereocenters. The zero-order chi connectivity index (χ0) is 10.8. The molecule has 0 aromatic heterocycles. The molecule has 0 aliphatic rings. The summed E-state index contributed by atoms with van der Waals surface area (Å²) < 4.78 is 0. The summed E-state index contributed by atoms with van der Waals surface area (Å²) in [5.74, 6) is 0. The van der Waals surface area contributed by atoms with Crippen LogP contribution < -0.4 is 0 Å². The number of hydrogen-bond acceptors (Lipinski definition) is 2. The predicted octanol–water partition coefficient (Wildman–Crippen LogP) is 2.87. The zero-order valence-electron chi connectivity index (χ0n) is 9.71. The van der Waals surface area contributed by atoms with Crippen molar-refractivity contribution in [1.29, 1.82) is 0 Å². The van der Waals surface area contributed by atoms with E-state index in [0.717, 1.165) is 51.4 Å². The first-order valence-electron chi connectivity index (χ1n) is 6.06. The fourth-order valence-electron chi connectivity index (χ4n) is 1.72. The van der Waals surface area contributed by atoms with E-state index in [1.165, 1.54) is 0 Å². The lowest BCUT2D eigenvalue weighted by Gasteiger charge is -2.11. The Kier molecular flexibility index (Phi) is 9.42. The van der Waals surface area contributed by atoms with E-state index in [-0.39, 0.29) is 12.2 Å². The van der Waals surface area contributed by atoms with Crippen molar-refractivity contribution in [2.45, 2.75) is 77.4 Å². The van der Waals surface area contributed by atoms with Gasteiger partial charge in [-0.25, -0.2) is 0 Å². The van der Waals surface area contributed by atoms with Crippen LogP contribution in [-0.2, 0) is 0 Å². The van der Waals surface area contributed by atoms with E-state index in [4.69, 9.17) is 0 Å². The molecule has 0 aromatic carbocycles. The molecule has 0 saturated carbocycles. The fourth-order valence-corrected chi connectivity index (χ4v) is 1.72. The maximum atomic E-state index is 9.46. The highest BCUT2D eigenvalue weighted by atomic mass is 16.3. The Morgan fingerprint density at radius 2 is 1.07 bits per heavy atom. The lowest BCUT2D eigenvalue weighted by Crippen LogP contribution is -2.08. The molecular weight excluding hydrogens is 176 g/mol. The van der Waals surface area contributed by atoms with E-state index in [0.29, 0.717) is 0 Å². The Morgan fingerprint density at radius 1 is 0.714 bits per heavy atom. The molecule has 2 heteroatoms. The van der Waals surface area contributed by atoms with Crippen LogP contribution in [0.2, 0.25) is 0 Å². The quantitative estimate of drug-likeness (QED) is 0.564. The van der Waals surface area contributed by atoms with Gasteiger partial charge < -0.3 is 10.2 Å². The molecule has 0 fully saturated rings. The normalized spacial score (nSPS) is 15.4. The molecule has 0 rings (SSSR count). The molecule has 14 heavy (non-hydrogen) atoms. The Hall–Kier alpha value is -0.0800. The first-order valence-corrected chi connectivity index (χ1v) is 6.06. The highest BCUT2D eigenvalue weighted by molar-refractivity contribution is 4.58. The molecule has 0 unspecified atom stereocenters. The summed E-state index contributed by atoms with van der Waals surface area (Å²) in [6.07, 6.45) is 7.57. The minimum atomic E-state index is -0.122. The van der Waals surface area contributed by atoms with Gasteiger partial charge in [-0.2, -0.15) is 0 Å². The van der Waals surface area contributed by atoms with E-state index in [1.54, 1.807) is 0 Å². The summed E-state index contributed by atoms with van der Waals surface area (Å²) in [5, 5.41) is 18.9. The number of aliphatic hydroxyl groups excluding tert-OH is 2. The van der Waals surface area contributed by atoms with Crippen molar-refractivity contribution < 1.29 is 10.2 Å². The molecule has 0 spiro atoms. The van der Waals surface area contributed by atoms with Crippen LogP contribution in [0.15, 0.2) is 0 Å². The second-order valence-electron chi connectivity index (χ2n) is 4.17. The van der Waals surface area contributed by atoms with Crippen LogP contribution in [0, 0.1) is 0 Å². The average molecular weight is 202 g/mol. The number of unbranched alkanes of at least 4 members (excludes halogenated alkanes) is 1. The van der Waals surface area contributed by atoms with Crippen molar-refractivity contribution >= 4 is 0 Å². The molecule has 86 valence electrons. The van der Waals surface area contributed by atoms with Crippen LogP contribution in [0.25, 0.3) is 0 Å². The second kappa shape index (κ2) is 9.47. The Bertz CT molecular complexity index is 101. The van der Waals surface area contributed by atoms with Gasteiger partial charge in [0.2, 0.25) is 0 Å². The van der Waals surface area contributed by atoms with Crippen molar-refractivity contribution in [2.24, 2.45) is 0 Å². The maximum absolute atomic E-state index is 9.46. The first kappa shape index (κ1) is 13.9. The van der Waals surface area contributed by atoms with Gasteiger partial charge in [0.25, 0.3) is 0 Å². The minimum Gasteiger partial charge on any atom is -0.393 e. The average Bonchev–Trinajstić information content (AvgIpc) is 2.13. The highest BCUT2D eigenvalue weighted by Crippen LogP contribution is 2.11. The monoisotopic (exact) mass is 202 g/mol. The van der Waals surface area contributed by atoms with Gasteiger partial charge >= 0.3 is 0 Å². The third-order valence-corrected chi connectivity index (χ3v) is 2.57. The summed E-state index contributed by atoms with van der Waals surface area (Å²) in [5.41, 5.74) is 0. The van der Waals surface area contributed by atoms with Crippen LogP contribution in [-0.4, -0.2) is 22.4 Å². The summed E-state index contributed by atoms with van der Waals surface area (Å²) in [6, 6.07) is 0. The molecule has 0 heterocycles. The Balaban J connectivity index is 3.19.